The van der Waals surface area contributed by atoms with Gasteiger partial charge in [0.15, 0.2) is 0 Å². The molecule has 3 N–H and O–H groups in total. The van der Waals surface area contributed by atoms with Gasteiger partial charge in [0.1, 0.15) is 22.9 Å². The summed E-state index contributed by atoms with van der Waals surface area (Å²) >= 11 is 0. The molecule has 0 saturated carbocycles. The van der Waals surface area contributed by atoms with E-state index >= 15 is 0 Å². The maximum absolute atomic E-state index is 13.0. The molecule has 0 saturated heterocycles. The highest BCUT2D eigenvalue weighted by Crippen LogP contribution is 2.17. The lowest BCUT2D eigenvalue weighted by Gasteiger charge is -2.11. The lowest BCUT2D eigenvalue weighted by atomic mass is 10.2. The number of nitrogens with zero attached hydrogens (tertiary/aromatic N) is 2. The number of hydrogen-bond acceptors (Lipinski definition) is 6. The minimum Gasteiger partial charge on any atom is -0.497 e. The van der Waals surface area contributed by atoms with Crippen LogP contribution in [0.3, 0.4) is 0 Å². The predicted molar refractivity (Wildman–Crippen MR) is 103 cm³/mol. The van der Waals surface area contributed by atoms with E-state index in [1.165, 1.54) is 18.3 Å². The number of anilines is 2. The molecule has 0 unspecified atom stereocenters. The fourth-order valence-corrected chi connectivity index (χ4v) is 2.47. The van der Waals surface area contributed by atoms with E-state index < -0.39 is 5.97 Å². The molecule has 7 nitrogen and oxygen atoms in total. The molecule has 1 heterocycles. The van der Waals surface area contributed by atoms with Crippen LogP contribution < -0.4 is 15.4 Å². The van der Waals surface area contributed by atoms with Crippen molar-refractivity contribution in [1.29, 1.82) is 0 Å². The summed E-state index contributed by atoms with van der Waals surface area (Å²) in [6, 6.07) is 13.4. The second-order valence-corrected chi connectivity index (χ2v) is 5.94. The van der Waals surface area contributed by atoms with Crippen LogP contribution in [-0.2, 0) is 13.1 Å². The van der Waals surface area contributed by atoms with Crippen LogP contribution in [0.2, 0.25) is 0 Å². The Morgan fingerprint density at radius 3 is 2.25 bits per heavy atom. The van der Waals surface area contributed by atoms with Gasteiger partial charge in [0.05, 0.1) is 7.11 Å². The van der Waals surface area contributed by atoms with E-state index in [0.29, 0.717) is 13.1 Å². The Balaban J connectivity index is 1.71. The minimum atomic E-state index is -1.12. The molecule has 0 aliphatic rings. The second kappa shape index (κ2) is 8.81. The molecule has 0 bridgehead atoms. The molecule has 0 fully saturated rings. The number of halogens is 1. The molecule has 0 spiro atoms. The molecule has 0 radical (unpaired) electrons. The molecular formula is C20H19FN4O3. The van der Waals surface area contributed by atoms with Crippen molar-refractivity contribution in [2.24, 2.45) is 0 Å². The normalized spacial score (nSPS) is 10.4. The summed E-state index contributed by atoms with van der Waals surface area (Å²) in [6.07, 6.45) is 1.25. The summed E-state index contributed by atoms with van der Waals surface area (Å²) < 4.78 is 18.1. The van der Waals surface area contributed by atoms with E-state index in [1.54, 1.807) is 19.2 Å². The topological polar surface area (TPSA) is 96.4 Å². The zero-order valence-electron chi connectivity index (χ0n) is 15.1. The van der Waals surface area contributed by atoms with Crippen LogP contribution in [0.1, 0.15) is 21.5 Å². The van der Waals surface area contributed by atoms with E-state index in [1.807, 2.05) is 24.3 Å². The first kappa shape index (κ1) is 19.1. The molecule has 1 aromatic heterocycles. The third kappa shape index (κ3) is 4.94. The minimum absolute atomic E-state index is 0.0270. The fourth-order valence-electron chi connectivity index (χ4n) is 2.47. The van der Waals surface area contributed by atoms with Crippen molar-refractivity contribution in [3.05, 3.63) is 77.2 Å². The van der Waals surface area contributed by atoms with E-state index in [4.69, 9.17) is 4.74 Å². The number of carboxylic acids is 1. The van der Waals surface area contributed by atoms with E-state index in [0.717, 1.165) is 16.9 Å². The molecule has 0 atom stereocenters. The molecule has 0 amide bonds. The van der Waals surface area contributed by atoms with Crippen LogP contribution in [0.4, 0.5) is 16.2 Å². The maximum atomic E-state index is 13.0. The van der Waals surface area contributed by atoms with Crippen molar-refractivity contribution in [1.82, 2.24) is 9.97 Å². The van der Waals surface area contributed by atoms with Crippen molar-refractivity contribution < 1.29 is 19.0 Å². The van der Waals surface area contributed by atoms with Crippen LogP contribution in [0.5, 0.6) is 5.75 Å². The van der Waals surface area contributed by atoms with Gasteiger partial charge < -0.3 is 20.5 Å². The molecule has 144 valence electrons. The second-order valence-electron chi connectivity index (χ2n) is 5.94. The van der Waals surface area contributed by atoms with Crippen LogP contribution in [0, 0.1) is 5.82 Å². The van der Waals surface area contributed by atoms with Crippen molar-refractivity contribution in [3.63, 3.8) is 0 Å². The van der Waals surface area contributed by atoms with Crippen molar-refractivity contribution in [2.75, 3.05) is 17.7 Å². The van der Waals surface area contributed by atoms with E-state index in [2.05, 4.69) is 20.6 Å². The standard InChI is InChI=1S/C20H19FN4O3/c1-28-16-8-4-14(5-9-16)10-22-18-17(19(26)27)12-24-20(25-18)23-11-13-2-6-15(21)7-3-13/h2-9,12H,10-11H2,1H3,(H,26,27)(H2,22,23,24,25). The molecule has 3 aromatic rings. The van der Waals surface area contributed by atoms with Gasteiger partial charge in [-0.3, -0.25) is 0 Å². The van der Waals surface area contributed by atoms with Gasteiger partial charge in [-0.1, -0.05) is 24.3 Å². The monoisotopic (exact) mass is 382 g/mol. The first-order valence-corrected chi connectivity index (χ1v) is 8.50. The van der Waals surface area contributed by atoms with E-state index in [-0.39, 0.29) is 23.1 Å². The average Bonchev–Trinajstić information content (AvgIpc) is 2.72. The lowest BCUT2D eigenvalue weighted by molar-refractivity contribution is 0.0697. The van der Waals surface area contributed by atoms with Crippen molar-refractivity contribution in [3.8, 4) is 5.75 Å². The Hall–Kier alpha value is -3.68. The summed E-state index contributed by atoms with van der Waals surface area (Å²) in [5, 5.41) is 15.4. The maximum Gasteiger partial charge on any atom is 0.341 e. The Kier molecular flexibility index (Phi) is 6.01. The first-order chi connectivity index (χ1) is 13.5. The Labute approximate surface area is 161 Å². The summed E-state index contributed by atoms with van der Waals surface area (Å²) in [4.78, 5) is 19.7. The largest absolute Gasteiger partial charge is 0.497 e. The first-order valence-electron chi connectivity index (χ1n) is 8.50. The quantitative estimate of drug-likeness (QED) is 0.548. The van der Waals surface area contributed by atoms with Crippen LogP contribution >= 0.6 is 0 Å². The number of carboxylic acid groups (broad SMARTS) is 1. The summed E-state index contributed by atoms with van der Waals surface area (Å²) in [7, 11) is 1.59. The van der Waals surface area contributed by atoms with Gasteiger partial charge in [0.2, 0.25) is 5.95 Å². The number of aromatic nitrogens is 2. The van der Waals surface area contributed by atoms with Crippen molar-refractivity contribution in [2.45, 2.75) is 13.1 Å². The third-order valence-corrected chi connectivity index (χ3v) is 4.00. The number of rotatable bonds is 8. The van der Waals surface area contributed by atoms with Crippen molar-refractivity contribution >= 4 is 17.7 Å². The SMILES string of the molecule is COc1ccc(CNc2nc(NCc3ccc(F)cc3)ncc2C(=O)O)cc1. The zero-order valence-corrected chi connectivity index (χ0v) is 15.1. The summed E-state index contributed by atoms with van der Waals surface area (Å²) in [5.74, 6) is -0.214. The van der Waals surface area contributed by atoms with Crippen LogP contribution in [-0.4, -0.2) is 28.2 Å². The number of nitrogens with one attached hydrogen (secondary N) is 2. The molecule has 28 heavy (non-hydrogen) atoms. The number of hydrogen-bond donors (Lipinski definition) is 3. The highest BCUT2D eigenvalue weighted by Gasteiger charge is 2.13. The Morgan fingerprint density at radius 1 is 1.04 bits per heavy atom. The summed E-state index contributed by atoms with van der Waals surface area (Å²) in [6.45, 7) is 0.767. The van der Waals surface area contributed by atoms with Crippen LogP contribution in [0.15, 0.2) is 54.7 Å². The van der Waals surface area contributed by atoms with Gasteiger partial charge in [0, 0.05) is 19.3 Å². The third-order valence-electron chi connectivity index (χ3n) is 4.00. The Bertz CT molecular complexity index is 947. The van der Waals surface area contributed by atoms with Gasteiger partial charge in [0.25, 0.3) is 0 Å². The van der Waals surface area contributed by atoms with Gasteiger partial charge >= 0.3 is 5.97 Å². The predicted octanol–water partition coefficient (Wildman–Crippen LogP) is 3.55. The average molecular weight is 382 g/mol. The number of aromatic carboxylic acids is 1. The van der Waals surface area contributed by atoms with Gasteiger partial charge in [-0.05, 0) is 35.4 Å². The van der Waals surface area contributed by atoms with Crippen LogP contribution in [0.25, 0.3) is 0 Å². The van der Waals surface area contributed by atoms with Gasteiger partial charge in [-0.25, -0.2) is 14.2 Å². The molecule has 8 heteroatoms. The highest BCUT2D eigenvalue weighted by atomic mass is 19.1. The van der Waals surface area contributed by atoms with Gasteiger partial charge in [-0.2, -0.15) is 4.98 Å². The number of benzene rings is 2. The number of methoxy groups -OCH3 is 1. The summed E-state index contributed by atoms with van der Waals surface area (Å²) in [5.41, 5.74) is 1.76. The lowest BCUT2D eigenvalue weighted by Crippen LogP contribution is -2.12. The molecule has 2 aromatic carbocycles. The zero-order chi connectivity index (χ0) is 19.9. The number of ether oxygens (including phenoxy) is 1. The molecule has 0 aliphatic carbocycles. The van der Waals surface area contributed by atoms with E-state index in [9.17, 15) is 14.3 Å². The molecule has 3 rings (SSSR count). The highest BCUT2D eigenvalue weighted by molar-refractivity contribution is 5.92. The van der Waals surface area contributed by atoms with Gasteiger partial charge in [-0.15, -0.1) is 0 Å². The number of carbonyl (C=O) groups is 1. The Morgan fingerprint density at radius 2 is 1.64 bits per heavy atom. The fraction of sp³-hybridized carbons (Fsp3) is 0.150. The molecule has 0 aliphatic heterocycles. The smallest absolute Gasteiger partial charge is 0.341 e. The molecular weight excluding hydrogens is 363 g/mol.